The van der Waals surface area contributed by atoms with Crippen LogP contribution in [0.15, 0.2) is 0 Å². The Kier molecular flexibility index (Phi) is 75.3. The van der Waals surface area contributed by atoms with Crippen LogP contribution in [0.3, 0.4) is 0 Å². The van der Waals surface area contributed by atoms with Crippen molar-refractivity contribution in [3.8, 4) is 0 Å². The predicted octanol–water partition coefficient (Wildman–Crippen LogP) is 26.7. The standard InChI is InChI=1S/C88H172O17P2/c1-78(2)64-56-48-40-32-25-21-17-13-9-11-15-19-23-27-36-44-52-60-68-85(90)98-74-83(104-87(92)70-62-54-46-37-28-24-20-16-12-10-14-18-22-26-33-41-49-57-65-79(3)4)76-102-106(94,95)100-72-82(89)73-101-107(96,97)103-77-84(75-99-86(91)69-61-53-45-39-31-35-43-51-59-67-81(7)8)105-88(93)71-63-55-47-38-30-29-34-42-50-58-66-80(5)6/h78-84,89H,9-77H2,1-8H3,(H,94,95)(H,96,97)/t82-,83-,84-/m1/s1. The molecule has 0 aliphatic rings. The molecule has 0 amide bonds. The van der Waals surface area contributed by atoms with Gasteiger partial charge in [-0.3, -0.25) is 37.3 Å². The highest BCUT2D eigenvalue weighted by atomic mass is 31.2. The first kappa shape index (κ1) is 105. The average molecular weight is 1560 g/mol. The average Bonchev–Trinajstić information content (AvgIpc) is 1.03. The van der Waals surface area contributed by atoms with Crippen molar-refractivity contribution in [2.24, 2.45) is 23.7 Å². The number of esters is 4. The lowest BCUT2D eigenvalue weighted by Crippen LogP contribution is -2.30. The smallest absolute Gasteiger partial charge is 0.462 e. The second-order valence-corrected chi connectivity index (χ2v) is 36.4. The van der Waals surface area contributed by atoms with Gasteiger partial charge in [0, 0.05) is 25.7 Å². The fraction of sp³-hybridized carbons (Fsp3) is 0.955. The number of hydrogen-bond donors (Lipinski definition) is 3. The highest BCUT2D eigenvalue weighted by molar-refractivity contribution is 7.47. The summed E-state index contributed by atoms with van der Waals surface area (Å²) in [6, 6.07) is 0. The van der Waals surface area contributed by atoms with E-state index in [0.717, 1.165) is 114 Å². The Hall–Kier alpha value is -1.94. The van der Waals surface area contributed by atoms with E-state index in [4.69, 9.17) is 37.0 Å². The molecule has 0 radical (unpaired) electrons. The molecule has 0 saturated heterocycles. The van der Waals surface area contributed by atoms with E-state index in [0.29, 0.717) is 25.7 Å². The molecule has 0 aromatic rings. The molecule has 0 aliphatic heterocycles. The third kappa shape index (κ3) is 81.9. The number of aliphatic hydroxyl groups is 1. The van der Waals surface area contributed by atoms with Gasteiger partial charge in [0.15, 0.2) is 12.2 Å². The van der Waals surface area contributed by atoms with Crippen LogP contribution in [0.1, 0.15) is 460 Å². The maximum absolute atomic E-state index is 13.2. The van der Waals surface area contributed by atoms with Crippen molar-refractivity contribution in [3.05, 3.63) is 0 Å². The number of phosphoric ester groups is 2. The summed E-state index contributed by atoms with van der Waals surface area (Å²) in [6.07, 6.45) is 66.8. The fourth-order valence-electron chi connectivity index (χ4n) is 13.7. The van der Waals surface area contributed by atoms with Crippen molar-refractivity contribution in [1.29, 1.82) is 0 Å². The molecule has 17 nitrogen and oxygen atoms in total. The molecule has 5 atom stereocenters. The molecule has 19 heteroatoms. The summed E-state index contributed by atoms with van der Waals surface area (Å²) in [7, 11) is -9.93. The van der Waals surface area contributed by atoms with Gasteiger partial charge in [0.25, 0.3) is 0 Å². The Morgan fingerprint density at radius 2 is 0.393 bits per heavy atom. The van der Waals surface area contributed by atoms with Crippen molar-refractivity contribution in [2.45, 2.75) is 478 Å². The second kappa shape index (κ2) is 76.7. The summed E-state index contributed by atoms with van der Waals surface area (Å²) in [5, 5.41) is 10.7. The maximum Gasteiger partial charge on any atom is 0.472 e. The van der Waals surface area contributed by atoms with E-state index >= 15 is 0 Å². The third-order valence-corrected chi connectivity index (χ3v) is 22.5. The summed E-state index contributed by atoms with van der Waals surface area (Å²) < 4.78 is 68.9. The zero-order chi connectivity index (χ0) is 78.8. The van der Waals surface area contributed by atoms with Crippen LogP contribution in [-0.2, 0) is 65.4 Å². The molecule has 0 fully saturated rings. The summed E-state index contributed by atoms with van der Waals surface area (Å²) in [5.74, 6) is 1.03. The van der Waals surface area contributed by atoms with E-state index in [1.807, 2.05) is 0 Å². The molecule has 0 rings (SSSR count). The molecule has 3 N–H and O–H groups in total. The topological polar surface area (TPSA) is 237 Å². The lowest BCUT2D eigenvalue weighted by atomic mass is 10.0. The molecule has 0 aromatic carbocycles. The highest BCUT2D eigenvalue weighted by Gasteiger charge is 2.31. The Morgan fingerprint density at radius 1 is 0.234 bits per heavy atom. The number of carbonyl (C=O) groups excluding carboxylic acids is 4. The van der Waals surface area contributed by atoms with Crippen molar-refractivity contribution < 1.29 is 80.2 Å². The Morgan fingerprint density at radius 3 is 0.579 bits per heavy atom. The van der Waals surface area contributed by atoms with Crippen molar-refractivity contribution in [2.75, 3.05) is 39.6 Å². The van der Waals surface area contributed by atoms with E-state index in [1.54, 1.807) is 0 Å². The first-order valence-electron chi connectivity index (χ1n) is 45.2. The van der Waals surface area contributed by atoms with Crippen LogP contribution in [0.25, 0.3) is 0 Å². The molecule has 0 spiro atoms. The van der Waals surface area contributed by atoms with Crippen molar-refractivity contribution in [3.63, 3.8) is 0 Å². The van der Waals surface area contributed by atoms with Crippen LogP contribution < -0.4 is 0 Å². The number of aliphatic hydroxyl groups excluding tert-OH is 1. The minimum atomic E-state index is -4.97. The molecule has 0 aliphatic carbocycles. The van der Waals surface area contributed by atoms with Crippen LogP contribution in [0.5, 0.6) is 0 Å². The van der Waals surface area contributed by atoms with Gasteiger partial charge in [0.2, 0.25) is 0 Å². The van der Waals surface area contributed by atoms with E-state index in [9.17, 15) is 43.2 Å². The normalized spacial score (nSPS) is 13.9. The summed E-state index contributed by atoms with van der Waals surface area (Å²) >= 11 is 0. The fourth-order valence-corrected chi connectivity index (χ4v) is 15.3. The minimum Gasteiger partial charge on any atom is -0.462 e. The van der Waals surface area contributed by atoms with Gasteiger partial charge < -0.3 is 33.8 Å². The van der Waals surface area contributed by atoms with E-state index in [1.165, 1.54) is 263 Å². The second-order valence-electron chi connectivity index (χ2n) is 33.5. The minimum absolute atomic E-state index is 0.106. The molecular weight excluding hydrogens is 1390 g/mol. The van der Waals surface area contributed by atoms with Crippen molar-refractivity contribution in [1.82, 2.24) is 0 Å². The maximum atomic E-state index is 13.2. The van der Waals surface area contributed by atoms with Crippen LogP contribution in [0, 0.1) is 23.7 Å². The SMILES string of the molecule is CC(C)CCCCCCCCCCCCCCCCCCCCC(=O)OC[C@H](COP(=O)(O)OC[C@@H](O)COP(=O)(O)OC[C@@H](COC(=O)CCCCCCCCCCCC(C)C)OC(=O)CCCCCCCCCCCCC(C)C)OC(=O)CCCCCCCCCCCCCCCCCCCCC(C)C. The zero-order valence-corrected chi connectivity index (χ0v) is 72.6. The van der Waals surface area contributed by atoms with Gasteiger partial charge in [-0.25, -0.2) is 9.13 Å². The zero-order valence-electron chi connectivity index (χ0n) is 70.8. The summed E-state index contributed by atoms with van der Waals surface area (Å²) in [4.78, 5) is 73.3. The molecule has 0 saturated carbocycles. The number of phosphoric acid groups is 2. The number of carbonyl (C=O) groups is 4. The number of hydrogen-bond acceptors (Lipinski definition) is 15. The summed E-state index contributed by atoms with van der Waals surface area (Å²) in [6.45, 7) is 14.3. The first-order valence-corrected chi connectivity index (χ1v) is 48.2. The molecule has 0 aromatic heterocycles. The molecule has 107 heavy (non-hydrogen) atoms. The van der Waals surface area contributed by atoms with Crippen LogP contribution >= 0.6 is 15.6 Å². The molecular formula is C88H172O17P2. The third-order valence-electron chi connectivity index (χ3n) is 20.6. The quantitative estimate of drug-likeness (QED) is 0.0222. The van der Waals surface area contributed by atoms with Gasteiger partial charge in [-0.15, -0.1) is 0 Å². The number of ether oxygens (including phenoxy) is 4. The molecule has 2 unspecified atom stereocenters. The van der Waals surface area contributed by atoms with Crippen LogP contribution in [-0.4, -0.2) is 96.7 Å². The van der Waals surface area contributed by atoms with Crippen LogP contribution in [0.2, 0.25) is 0 Å². The van der Waals surface area contributed by atoms with Gasteiger partial charge >= 0.3 is 39.5 Å². The Bertz CT molecular complexity index is 2080. The predicted molar refractivity (Wildman–Crippen MR) is 441 cm³/mol. The monoisotopic (exact) mass is 1560 g/mol. The highest BCUT2D eigenvalue weighted by Crippen LogP contribution is 2.45. The largest absolute Gasteiger partial charge is 0.472 e. The lowest BCUT2D eigenvalue weighted by molar-refractivity contribution is -0.161. The van der Waals surface area contributed by atoms with E-state index in [2.05, 4.69) is 55.4 Å². The Labute approximate surface area is 658 Å². The number of rotatable bonds is 85. The van der Waals surface area contributed by atoms with Gasteiger partial charge in [0.1, 0.15) is 19.3 Å². The van der Waals surface area contributed by atoms with Gasteiger partial charge in [-0.1, -0.05) is 409 Å². The molecule has 0 heterocycles. The van der Waals surface area contributed by atoms with E-state index in [-0.39, 0.29) is 25.7 Å². The van der Waals surface area contributed by atoms with E-state index < -0.39 is 97.5 Å². The number of unbranched alkanes of at least 4 members (excludes halogenated alkanes) is 51. The van der Waals surface area contributed by atoms with Gasteiger partial charge in [-0.2, -0.15) is 0 Å². The molecule has 636 valence electrons. The van der Waals surface area contributed by atoms with Gasteiger partial charge in [0.05, 0.1) is 26.4 Å². The first-order chi connectivity index (χ1) is 51.6. The van der Waals surface area contributed by atoms with Gasteiger partial charge in [-0.05, 0) is 49.4 Å². The summed E-state index contributed by atoms with van der Waals surface area (Å²) in [5.41, 5.74) is 0. The van der Waals surface area contributed by atoms with Crippen molar-refractivity contribution >= 4 is 39.5 Å². The Balaban J connectivity index is 5.23. The lowest BCUT2D eigenvalue weighted by Gasteiger charge is -2.21. The molecule has 0 bridgehead atoms. The van der Waals surface area contributed by atoms with Crippen LogP contribution in [0.4, 0.5) is 0 Å².